The monoisotopic (exact) mass is 578 g/mol. The standard InChI is InChI=1S/C33H22O8S/c34-25-14-10-23(11-15-25)33(30-7-2-1-6-29(30)32(36)41-33)24-12-18-27(19-13-24)40-26-16-8-21(9-17-26)31(35)22-4-3-5-28(20-22)42(37,38)39/h1-20,34H,(H,37,38,39). The number of rotatable bonds is 7. The summed E-state index contributed by atoms with van der Waals surface area (Å²) < 4.78 is 44.2. The minimum Gasteiger partial charge on any atom is -0.508 e. The topological polar surface area (TPSA) is 127 Å². The van der Waals surface area contributed by atoms with Gasteiger partial charge in [0.2, 0.25) is 0 Å². The number of benzene rings is 5. The van der Waals surface area contributed by atoms with Crippen molar-refractivity contribution < 1.29 is 37.1 Å². The molecule has 208 valence electrons. The first kappa shape index (κ1) is 26.9. The van der Waals surface area contributed by atoms with Gasteiger partial charge in [-0.15, -0.1) is 0 Å². The molecule has 0 aromatic heterocycles. The number of hydrogen-bond donors (Lipinski definition) is 2. The molecule has 0 spiro atoms. The van der Waals surface area contributed by atoms with Gasteiger partial charge in [-0.3, -0.25) is 9.35 Å². The molecule has 0 saturated heterocycles. The second-order valence-electron chi connectivity index (χ2n) is 9.65. The minimum atomic E-state index is -4.44. The number of aromatic hydroxyl groups is 1. The number of fused-ring (bicyclic) bond motifs is 1. The molecular formula is C33H22O8S. The molecule has 6 rings (SSSR count). The number of hydrogen-bond acceptors (Lipinski definition) is 7. The molecule has 1 atom stereocenters. The number of esters is 1. The zero-order chi connectivity index (χ0) is 29.5. The molecule has 9 heteroatoms. The van der Waals surface area contributed by atoms with Crippen molar-refractivity contribution in [2.24, 2.45) is 0 Å². The van der Waals surface area contributed by atoms with E-state index < -0.39 is 27.5 Å². The second kappa shape index (κ2) is 10.3. The van der Waals surface area contributed by atoms with Gasteiger partial charge in [-0.1, -0.05) is 54.6 Å². The highest BCUT2D eigenvalue weighted by Gasteiger charge is 2.48. The summed E-state index contributed by atoms with van der Waals surface area (Å²) in [6.45, 7) is 0. The zero-order valence-electron chi connectivity index (χ0n) is 21.8. The molecule has 5 aromatic rings. The molecule has 1 heterocycles. The van der Waals surface area contributed by atoms with Gasteiger partial charge in [0, 0.05) is 27.8 Å². The van der Waals surface area contributed by atoms with Crippen molar-refractivity contribution in [2.45, 2.75) is 10.5 Å². The Morgan fingerprint density at radius 2 is 1.31 bits per heavy atom. The third kappa shape index (κ3) is 4.81. The average molecular weight is 579 g/mol. The molecular weight excluding hydrogens is 556 g/mol. The molecule has 1 unspecified atom stereocenters. The fourth-order valence-corrected chi connectivity index (χ4v) is 5.57. The van der Waals surface area contributed by atoms with Gasteiger partial charge in [-0.2, -0.15) is 8.42 Å². The Kier molecular flexibility index (Phi) is 6.61. The molecule has 0 fully saturated rings. The van der Waals surface area contributed by atoms with Crippen LogP contribution < -0.4 is 4.74 Å². The first-order chi connectivity index (χ1) is 20.1. The summed E-state index contributed by atoms with van der Waals surface area (Å²) in [5.74, 6) is 0.185. The van der Waals surface area contributed by atoms with Gasteiger partial charge in [0.1, 0.15) is 17.2 Å². The Hall–Kier alpha value is -5.25. The van der Waals surface area contributed by atoms with Gasteiger partial charge in [-0.05, 0) is 66.7 Å². The average Bonchev–Trinajstić information content (AvgIpc) is 3.30. The van der Waals surface area contributed by atoms with Gasteiger partial charge < -0.3 is 14.6 Å². The van der Waals surface area contributed by atoms with E-state index in [-0.39, 0.29) is 16.2 Å². The Balaban J connectivity index is 1.26. The van der Waals surface area contributed by atoms with Crippen LogP contribution in [0.25, 0.3) is 0 Å². The fraction of sp³-hybridized carbons (Fsp3) is 0.0303. The van der Waals surface area contributed by atoms with Crippen molar-refractivity contribution in [2.75, 3.05) is 0 Å². The predicted octanol–water partition coefficient (Wildman–Crippen LogP) is 6.12. The summed E-state index contributed by atoms with van der Waals surface area (Å²) >= 11 is 0. The summed E-state index contributed by atoms with van der Waals surface area (Å²) in [5, 5.41) is 9.85. The number of carbonyl (C=O) groups is 2. The Morgan fingerprint density at radius 3 is 1.95 bits per heavy atom. The fourth-order valence-electron chi connectivity index (χ4n) is 5.04. The largest absolute Gasteiger partial charge is 0.508 e. The van der Waals surface area contributed by atoms with Crippen molar-refractivity contribution in [3.63, 3.8) is 0 Å². The Morgan fingerprint density at radius 1 is 0.714 bits per heavy atom. The van der Waals surface area contributed by atoms with E-state index in [1.165, 1.54) is 18.2 Å². The first-order valence-corrected chi connectivity index (χ1v) is 14.2. The maximum Gasteiger partial charge on any atom is 0.340 e. The molecule has 0 radical (unpaired) electrons. The lowest BCUT2D eigenvalue weighted by molar-refractivity contribution is 0.0251. The number of carbonyl (C=O) groups excluding carboxylic acids is 2. The van der Waals surface area contributed by atoms with E-state index in [0.717, 1.165) is 6.07 Å². The quantitative estimate of drug-likeness (QED) is 0.134. The molecule has 1 aliphatic rings. The molecule has 5 aromatic carbocycles. The van der Waals surface area contributed by atoms with E-state index in [1.807, 2.05) is 12.1 Å². The third-order valence-electron chi connectivity index (χ3n) is 7.05. The number of ether oxygens (including phenoxy) is 2. The van der Waals surface area contributed by atoms with Crippen LogP contribution in [-0.2, 0) is 20.5 Å². The molecule has 8 nitrogen and oxygen atoms in total. The molecule has 0 amide bonds. The highest BCUT2D eigenvalue weighted by atomic mass is 32.2. The second-order valence-corrected chi connectivity index (χ2v) is 11.1. The van der Waals surface area contributed by atoms with E-state index in [9.17, 15) is 27.7 Å². The Labute approximate surface area is 241 Å². The van der Waals surface area contributed by atoms with Gasteiger partial charge in [-0.25, -0.2) is 4.79 Å². The SMILES string of the molecule is O=C(c1ccc(Oc2ccc(C3(c4ccc(O)cc4)OC(=O)c4ccccc43)cc2)cc1)c1cccc(S(=O)(=O)O)c1. The molecule has 42 heavy (non-hydrogen) atoms. The maximum atomic E-state index is 12.9. The lowest BCUT2D eigenvalue weighted by Crippen LogP contribution is -2.29. The summed E-state index contributed by atoms with van der Waals surface area (Å²) in [6.07, 6.45) is 0. The van der Waals surface area contributed by atoms with Crippen LogP contribution in [0.3, 0.4) is 0 Å². The van der Waals surface area contributed by atoms with Gasteiger partial charge in [0.05, 0.1) is 10.5 Å². The summed E-state index contributed by atoms with van der Waals surface area (Å²) in [5.41, 5.74) is 1.73. The summed E-state index contributed by atoms with van der Waals surface area (Å²) in [6, 6.07) is 32.3. The van der Waals surface area contributed by atoms with Crippen LogP contribution in [0, 0.1) is 0 Å². The van der Waals surface area contributed by atoms with Gasteiger partial charge in [0.15, 0.2) is 11.4 Å². The molecule has 2 N–H and O–H groups in total. The van der Waals surface area contributed by atoms with Crippen LogP contribution >= 0.6 is 0 Å². The first-order valence-electron chi connectivity index (χ1n) is 12.8. The number of phenols is 1. The van der Waals surface area contributed by atoms with E-state index in [0.29, 0.717) is 39.3 Å². The van der Waals surface area contributed by atoms with E-state index in [2.05, 4.69) is 0 Å². The van der Waals surface area contributed by atoms with Crippen molar-refractivity contribution in [3.8, 4) is 17.2 Å². The lowest BCUT2D eigenvalue weighted by Gasteiger charge is -2.30. The highest BCUT2D eigenvalue weighted by molar-refractivity contribution is 7.85. The van der Waals surface area contributed by atoms with Crippen molar-refractivity contribution >= 4 is 21.9 Å². The maximum absolute atomic E-state index is 12.9. The molecule has 0 aliphatic carbocycles. The van der Waals surface area contributed by atoms with Crippen LogP contribution in [0.1, 0.15) is 43.0 Å². The Bertz CT molecular complexity index is 1930. The minimum absolute atomic E-state index is 0.0922. The van der Waals surface area contributed by atoms with Gasteiger partial charge >= 0.3 is 5.97 Å². The molecule has 0 saturated carbocycles. The molecule has 1 aliphatic heterocycles. The summed E-state index contributed by atoms with van der Waals surface area (Å²) in [7, 11) is -4.44. The van der Waals surface area contributed by atoms with Crippen LogP contribution in [0.2, 0.25) is 0 Å². The lowest BCUT2D eigenvalue weighted by atomic mass is 9.80. The smallest absolute Gasteiger partial charge is 0.340 e. The highest BCUT2D eigenvalue weighted by Crippen LogP contribution is 2.47. The van der Waals surface area contributed by atoms with E-state index >= 15 is 0 Å². The van der Waals surface area contributed by atoms with Crippen LogP contribution in [-0.4, -0.2) is 29.8 Å². The normalized spacial score (nSPS) is 16.0. The zero-order valence-corrected chi connectivity index (χ0v) is 22.6. The van der Waals surface area contributed by atoms with E-state index in [4.69, 9.17) is 9.47 Å². The third-order valence-corrected chi connectivity index (χ3v) is 7.90. The van der Waals surface area contributed by atoms with Crippen molar-refractivity contribution in [1.29, 1.82) is 0 Å². The predicted molar refractivity (Wildman–Crippen MR) is 152 cm³/mol. The van der Waals surface area contributed by atoms with Crippen molar-refractivity contribution in [1.82, 2.24) is 0 Å². The van der Waals surface area contributed by atoms with Crippen molar-refractivity contribution in [3.05, 3.63) is 155 Å². The van der Waals surface area contributed by atoms with E-state index in [1.54, 1.807) is 84.9 Å². The van der Waals surface area contributed by atoms with Gasteiger partial charge in [0.25, 0.3) is 10.1 Å². The van der Waals surface area contributed by atoms with Crippen LogP contribution in [0.15, 0.2) is 126 Å². The number of ketones is 1. The summed E-state index contributed by atoms with van der Waals surface area (Å²) in [4.78, 5) is 25.4. The number of cyclic esters (lactones) is 1. The van der Waals surface area contributed by atoms with Crippen LogP contribution in [0.5, 0.6) is 17.2 Å². The number of phenolic OH excluding ortho intramolecular Hbond substituents is 1. The van der Waals surface area contributed by atoms with Crippen LogP contribution in [0.4, 0.5) is 0 Å². The molecule has 0 bridgehead atoms.